The Kier molecular flexibility index (Phi) is 5.48. The van der Waals surface area contributed by atoms with Crippen molar-refractivity contribution >= 4 is 5.69 Å². The molecule has 1 fully saturated rings. The first-order valence-electron chi connectivity index (χ1n) is 9.45. The van der Waals surface area contributed by atoms with Crippen LogP contribution in [0.5, 0.6) is 0 Å². The Labute approximate surface area is 162 Å². The molecule has 4 rings (SSSR count). The topological polar surface area (TPSA) is 86.3 Å². The minimum absolute atomic E-state index is 0.133. The molecule has 8 nitrogen and oxygen atoms in total. The van der Waals surface area contributed by atoms with Gasteiger partial charge >= 0.3 is 0 Å². The lowest BCUT2D eigenvalue weighted by molar-refractivity contribution is 0.0835. The van der Waals surface area contributed by atoms with E-state index in [2.05, 4.69) is 27.4 Å². The molecule has 1 aliphatic rings. The van der Waals surface area contributed by atoms with Crippen LogP contribution in [0, 0.1) is 0 Å². The van der Waals surface area contributed by atoms with Crippen molar-refractivity contribution in [1.82, 2.24) is 19.9 Å². The monoisotopic (exact) mass is 381 g/mol. The summed E-state index contributed by atoms with van der Waals surface area (Å²) in [7, 11) is 1.96. The van der Waals surface area contributed by atoms with E-state index in [-0.39, 0.29) is 18.2 Å². The number of rotatable bonds is 7. The van der Waals surface area contributed by atoms with E-state index in [4.69, 9.17) is 9.26 Å². The van der Waals surface area contributed by atoms with Crippen LogP contribution in [0.25, 0.3) is 0 Å². The van der Waals surface area contributed by atoms with Crippen molar-refractivity contribution < 1.29 is 9.26 Å². The summed E-state index contributed by atoms with van der Waals surface area (Å²) in [4.78, 5) is 18.8. The summed E-state index contributed by atoms with van der Waals surface area (Å²) in [6, 6.07) is 11.8. The quantitative estimate of drug-likeness (QED) is 0.620. The molecule has 0 N–H and O–H groups in total. The van der Waals surface area contributed by atoms with Gasteiger partial charge in [0.15, 0.2) is 5.82 Å². The van der Waals surface area contributed by atoms with Gasteiger partial charge in [0.1, 0.15) is 12.6 Å². The molecule has 0 amide bonds. The fourth-order valence-corrected chi connectivity index (χ4v) is 3.19. The van der Waals surface area contributed by atoms with Gasteiger partial charge < -0.3 is 14.2 Å². The number of aromatic nitrogens is 4. The largest absolute Gasteiger partial charge is 0.373 e. The third-order valence-electron chi connectivity index (χ3n) is 4.85. The predicted molar refractivity (Wildman–Crippen MR) is 103 cm³/mol. The fraction of sp³-hybridized carbons (Fsp3) is 0.400. The van der Waals surface area contributed by atoms with Crippen LogP contribution in [0.15, 0.2) is 51.9 Å². The minimum atomic E-state index is -0.201. The molecule has 2 aromatic heterocycles. The molecule has 8 heteroatoms. The maximum atomic E-state index is 12.4. The summed E-state index contributed by atoms with van der Waals surface area (Å²) in [6.45, 7) is 1.68. The maximum absolute atomic E-state index is 12.4. The molecule has 28 heavy (non-hydrogen) atoms. The van der Waals surface area contributed by atoms with E-state index < -0.39 is 0 Å². The standard InChI is InChI=1S/C20H23N5O3/c1-24(10-9-15-6-3-2-4-7-15)16-12-19(26)25(21-13-16)14-18-22-20(28-23-18)17-8-5-11-27-17/h2-4,6-7,12-13,17H,5,8-11,14H2,1H3/t17-/m0/s1. The van der Waals surface area contributed by atoms with Crippen LogP contribution < -0.4 is 10.5 Å². The average molecular weight is 381 g/mol. The van der Waals surface area contributed by atoms with Gasteiger partial charge in [-0.1, -0.05) is 35.5 Å². The fourth-order valence-electron chi connectivity index (χ4n) is 3.19. The molecule has 0 spiro atoms. The summed E-state index contributed by atoms with van der Waals surface area (Å²) in [5.41, 5.74) is 1.84. The van der Waals surface area contributed by atoms with Gasteiger partial charge in [0.25, 0.3) is 11.4 Å². The van der Waals surface area contributed by atoms with Gasteiger partial charge in [0, 0.05) is 26.3 Å². The molecule has 3 heterocycles. The summed E-state index contributed by atoms with van der Waals surface area (Å²) in [5, 5.41) is 8.21. The molecule has 0 aliphatic carbocycles. The Morgan fingerprint density at radius 1 is 1.29 bits per heavy atom. The highest BCUT2D eigenvalue weighted by Gasteiger charge is 2.24. The molecule has 146 valence electrons. The van der Waals surface area contributed by atoms with Crippen LogP contribution in [0.3, 0.4) is 0 Å². The first kappa shape index (κ1) is 18.4. The maximum Gasteiger partial charge on any atom is 0.269 e. The molecular weight excluding hydrogens is 358 g/mol. The Balaban J connectivity index is 1.39. The van der Waals surface area contributed by atoms with Crippen molar-refractivity contribution in [2.45, 2.75) is 31.9 Å². The highest BCUT2D eigenvalue weighted by Crippen LogP contribution is 2.26. The predicted octanol–water partition coefficient (Wildman–Crippen LogP) is 2.21. The minimum Gasteiger partial charge on any atom is -0.373 e. The number of nitrogens with zero attached hydrogens (tertiary/aromatic N) is 5. The van der Waals surface area contributed by atoms with Crippen LogP contribution in [0.4, 0.5) is 5.69 Å². The smallest absolute Gasteiger partial charge is 0.269 e. The summed E-state index contributed by atoms with van der Waals surface area (Å²) in [6.07, 6.45) is 4.32. The van der Waals surface area contributed by atoms with E-state index in [1.54, 1.807) is 12.3 Å². The molecule has 3 aromatic rings. The third kappa shape index (κ3) is 4.28. The Morgan fingerprint density at radius 2 is 2.14 bits per heavy atom. The summed E-state index contributed by atoms with van der Waals surface area (Å²) >= 11 is 0. The molecule has 0 saturated carbocycles. The van der Waals surface area contributed by atoms with E-state index in [1.807, 2.05) is 30.1 Å². The second-order valence-electron chi connectivity index (χ2n) is 6.92. The van der Waals surface area contributed by atoms with Gasteiger partial charge in [-0.2, -0.15) is 10.1 Å². The van der Waals surface area contributed by atoms with Crippen molar-refractivity contribution in [3.8, 4) is 0 Å². The van der Waals surface area contributed by atoms with Gasteiger partial charge in [-0.25, -0.2) is 4.68 Å². The van der Waals surface area contributed by atoms with Crippen molar-refractivity contribution in [3.63, 3.8) is 0 Å². The number of hydrogen-bond acceptors (Lipinski definition) is 7. The van der Waals surface area contributed by atoms with E-state index in [0.29, 0.717) is 18.3 Å². The number of likely N-dealkylation sites (N-methyl/N-ethyl adjacent to an activating group) is 1. The Hall–Kier alpha value is -3.00. The Bertz CT molecular complexity index is 963. The van der Waals surface area contributed by atoms with Gasteiger partial charge in [-0.15, -0.1) is 0 Å². The number of ether oxygens (including phenoxy) is 1. The average Bonchev–Trinajstić information content (AvgIpc) is 3.40. The molecule has 1 aliphatic heterocycles. The zero-order valence-corrected chi connectivity index (χ0v) is 15.8. The van der Waals surface area contributed by atoms with E-state index in [0.717, 1.165) is 31.5 Å². The zero-order valence-electron chi connectivity index (χ0n) is 15.8. The number of hydrogen-bond donors (Lipinski definition) is 0. The molecular formula is C20H23N5O3. The molecule has 1 saturated heterocycles. The number of anilines is 1. The second-order valence-corrected chi connectivity index (χ2v) is 6.92. The summed E-state index contributed by atoms with van der Waals surface area (Å²) < 4.78 is 12.1. The molecule has 0 bridgehead atoms. The number of benzene rings is 1. The lowest BCUT2D eigenvalue weighted by atomic mass is 10.1. The van der Waals surface area contributed by atoms with E-state index >= 15 is 0 Å². The highest BCUT2D eigenvalue weighted by molar-refractivity contribution is 5.42. The summed E-state index contributed by atoms with van der Waals surface area (Å²) in [5.74, 6) is 0.892. The SMILES string of the molecule is CN(CCc1ccccc1)c1cnn(Cc2noc([C@@H]3CCCO3)n2)c(=O)c1. The zero-order chi connectivity index (χ0) is 19.3. The third-order valence-corrected chi connectivity index (χ3v) is 4.85. The van der Waals surface area contributed by atoms with Crippen LogP contribution >= 0.6 is 0 Å². The lowest BCUT2D eigenvalue weighted by Crippen LogP contribution is -2.27. The van der Waals surface area contributed by atoms with E-state index in [1.165, 1.54) is 10.2 Å². The lowest BCUT2D eigenvalue weighted by Gasteiger charge is -2.19. The Morgan fingerprint density at radius 3 is 2.89 bits per heavy atom. The first-order valence-corrected chi connectivity index (χ1v) is 9.45. The van der Waals surface area contributed by atoms with Crippen LogP contribution in [0.1, 0.15) is 36.2 Å². The first-order chi connectivity index (χ1) is 13.7. The van der Waals surface area contributed by atoms with Gasteiger partial charge in [0.05, 0.1) is 11.9 Å². The molecule has 0 radical (unpaired) electrons. The van der Waals surface area contributed by atoms with Crippen molar-refractivity contribution in [2.75, 3.05) is 25.1 Å². The van der Waals surface area contributed by atoms with Crippen molar-refractivity contribution in [2.24, 2.45) is 0 Å². The van der Waals surface area contributed by atoms with Crippen LogP contribution in [-0.4, -0.2) is 40.1 Å². The second kappa shape index (κ2) is 8.35. The van der Waals surface area contributed by atoms with Crippen molar-refractivity contribution in [1.29, 1.82) is 0 Å². The molecule has 1 aromatic carbocycles. The van der Waals surface area contributed by atoms with Gasteiger partial charge in [-0.05, 0) is 24.8 Å². The highest BCUT2D eigenvalue weighted by atomic mass is 16.5. The van der Waals surface area contributed by atoms with Crippen molar-refractivity contribution in [3.05, 3.63) is 70.2 Å². The van der Waals surface area contributed by atoms with Crippen LogP contribution in [0.2, 0.25) is 0 Å². The van der Waals surface area contributed by atoms with E-state index in [9.17, 15) is 4.79 Å². The van der Waals surface area contributed by atoms with Crippen LogP contribution in [-0.2, 0) is 17.7 Å². The molecule has 1 atom stereocenters. The molecule has 0 unspecified atom stereocenters. The van der Waals surface area contributed by atoms with Gasteiger partial charge in [-0.3, -0.25) is 4.79 Å². The van der Waals surface area contributed by atoms with Gasteiger partial charge in [0.2, 0.25) is 0 Å². The normalized spacial score (nSPS) is 16.4.